The minimum Gasteiger partial charge on any atom is -0.382 e. The highest BCUT2D eigenvalue weighted by Gasteiger charge is 2.36. The van der Waals surface area contributed by atoms with Gasteiger partial charge in [-0.2, -0.15) is 0 Å². The Bertz CT molecular complexity index is 1180. The van der Waals surface area contributed by atoms with Crippen LogP contribution in [0.1, 0.15) is 53.2 Å². The van der Waals surface area contributed by atoms with Crippen LogP contribution >= 0.6 is 11.6 Å². The number of nitrogen functional groups attached to an aromatic ring is 1. The Morgan fingerprint density at radius 2 is 1.94 bits per heavy atom. The predicted octanol–water partition coefficient (Wildman–Crippen LogP) is 5.74. The molecule has 1 aliphatic carbocycles. The van der Waals surface area contributed by atoms with Gasteiger partial charge in [0.25, 0.3) is 5.91 Å². The molecule has 0 saturated heterocycles. The third-order valence-electron chi connectivity index (χ3n) is 5.78. The molecule has 1 aromatic heterocycles. The maximum Gasteiger partial charge on any atom is 0.254 e. The van der Waals surface area contributed by atoms with Crippen molar-refractivity contribution in [2.24, 2.45) is 0 Å². The Hall–Kier alpha value is -3.13. The van der Waals surface area contributed by atoms with Gasteiger partial charge in [0.1, 0.15) is 17.3 Å². The minimum absolute atomic E-state index is 0.0949. The third-order valence-corrected chi connectivity index (χ3v) is 6.02. The van der Waals surface area contributed by atoms with E-state index in [0.29, 0.717) is 29.1 Å². The van der Waals surface area contributed by atoms with Crippen molar-refractivity contribution < 1.29 is 18.0 Å². The van der Waals surface area contributed by atoms with Crippen LogP contribution in [0.4, 0.5) is 19.0 Å². The number of alkyl halides is 2. The SMILES string of the molecule is Nc1ncc(C2CCC(F)(F)CC2)nc1-c1ccc(C(=O)NCc2cccc(Cl)c2)c(F)c1. The summed E-state index contributed by atoms with van der Waals surface area (Å²) in [7, 11) is 0. The molecule has 0 aliphatic heterocycles. The Morgan fingerprint density at radius 3 is 2.64 bits per heavy atom. The molecule has 33 heavy (non-hydrogen) atoms. The van der Waals surface area contributed by atoms with Crippen molar-refractivity contribution >= 4 is 23.3 Å². The van der Waals surface area contributed by atoms with E-state index in [0.717, 1.165) is 5.56 Å². The number of benzene rings is 2. The molecule has 0 unspecified atom stereocenters. The van der Waals surface area contributed by atoms with Gasteiger partial charge in [0, 0.05) is 35.9 Å². The van der Waals surface area contributed by atoms with Gasteiger partial charge in [0.05, 0.1) is 17.5 Å². The van der Waals surface area contributed by atoms with E-state index in [9.17, 15) is 18.0 Å². The number of hydrogen-bond donors (Lipinski definition) is 2. The smallest absolute Gasteiger partial charge is 0.254 e. The van der Waals surface area contributed by atoms with Crippen molar-refractivity contribution in [3.63, 3.8) is 0 Å². The van der Waals surface area contributed by atoms with Gasteiger partial charge in [0.15, 0.2) is 0 Å². The van der Waals surface area contributed by atoms with Crippen molar-refractivity contribution in [1.82, 2.24) is 15.3 Å². The highest BCUT2D eigenvalue weighted by atomic mass is 35.5. The molecule has 172 valence electrons. The number of nitrogens with two attached hydrogens (primary N) is 1. The topological polar surface area (TPSA) is 80.9 Å². The van der Waals surface area contributed by atoms with Gasteiger partial charge in [-0.3, -0.25) is 4.79 Å². The number of carbonyl (C=O) groups is 1. The zero-order chi connectivity index (χ0) is 23.6. The molecular weight excluding hydrogens is 453 g/mol. The van der Waals surface area contributed by atoms with Crippen LogP contribution in [-0.4, -0.2) is 21.8 Å². The lowest BCUT2D eigenvalue weighted by molar-refractivity contribution is -0.0385. The van der Waals surface area contributed by atoms with Gasteiger partial charge in [-0.25, -0.2) is 23.1 Å². The molecule has 1 heterocycles. The lowest BCUT2D eigenvalue weighted by Gasteiger charge is -2.27. The monoisotopic (exact) mass is 474 g/mol. The van der Waals surface area contributed by atoms with E-state index in [1.54, 1.807) is 24.3 Å². The number of rotatable bonds is 5. The first kappa shape index (κ1) is 23.0. The molecule has 3 aromatic rings. The van der Waals surface area contributed by atoms with Crippen LogP contribution in [-0.2, 0) is 6.54 Å². The molecule has 5 nitrogen and oxygen atoms in total. The second-order valence-corrected chi connectivity index (χ2v) is 8.60. The summed E-state index contributed by atoms with van der Waals surface area (Å²) in [5.74, 6) is -4.02. The molecule has 1 amide bonds. The quantitative estimate of drug-likeness (QED) is 0.494. The number of nitrogens with zero attached hydrogens (tertiary/aromatic N) is 2. The molecule has 0 spiro atoms. The molecule has 0 bridgehead atoms. The first-order valence-electron chi connectivity index (χ1n) is 10.5. The van der Waals surface area contributed by atoms with Gasteiger partial charge in [-0.15, -0.1) is 0 Å². The molecule has 3 N–H and O–H groups in total. The Labute approximate surface area is 194 Å². The van der Waals surface area contributed by atoms with Gasteiger partial charge in [-0.05, 0) is 42.7 Å². The minimum atomic E-state index is -2.65. The third kappa shape index (κ3) is 5.45. The fourth-order valence-electron chi connectivity index (χ4n) is 3.93. The summed E-state index contributed by atoms with van der Waals surface area (Å²) in [5.41, 5.74) is 7.79. The summed E-state index contributed by atoms with van der Waals surface area (Å²) in [6.45, 7) is 0.196. The van der Waals surface area contributed by atoms with Crippen LogP contribution in [0, 0.1) is 5.82 Å². The van der Waals surface area contributed by atoms with E-state index in [-0.39, 0.29) is 42.4 Å². The van der Waals surface area contributed by atoms with E-state index in [1.807, 2.05) is 0 Å². The van der Waals surface area contributed by atoms with E-state index >= 15 is 0 Å². The van der Waals surface area contributed by atoms with Crippen LogP contribution in [0.3, 0.4) is 0 Å². The fraction of sp³-hybridized carbons (Fsp3) is 0.292. The molecule has 1 saturated carbocycles. The van der Waals surface area contributed by atoms with Crippen molar-refractivity contribution in [2.45, 2.75) is 44.1 Å². The molecule has 2 aromatic carbocycles. The lowest BCUT2D eigenvalue weighted by Crippen LogP contribution is -2.24. The van der Waals surface area contributed by atoms with Crippen LogP contribution in [0.5, 0.6) is 0 Å². The first-order chi connectivity index (χ1) is 15.7. The Balaban J connectivity index is 1.51. The molecule has 0 atom stereocenters. The van der Waals surface area contributed by atoms with E-state index in [4.69, 9.17) is 17.3 Å². The summed E-state index contributed by atoms with van der Waals surface area (Å²) < 4.78 is 41.8. The molecule has 4 rings (SSSR count). The Morgan fingerprint density at radius 1 is 1.18 bits per heavy atom. The molecule has 9 heteroatoms. The zero-order valence-electron chi connectivity index (χ0n) is 17.6. The normalized spacial score (nSPS) is 15.9. The van der Waals surface area contributed by atoms with Crippen LogP contribution in [0.15, 0.2) is 48.7 Å². The number of halogens is 4. The zero-order valence-corrected chi connectivity index (χ0v) is 18.4. The summed E-state index contributed by atoms with van der Waals surface area (Å²) in [6, 6.07) is 11.1. The van der Waals surface area contributed by atoms with Gasteiger partial charge in [-0.1, -0.05) is 29.8 Å². The highest BCUT2D eigenvalue weighted by Crippen LogP contribution is 2.40. The van der Waals surface area contributed by atoms with E-state index < -0.39 is 17.6 Å². The Kier molecular flexibility index (Phi) is 6.56. The number of nitrogens with one attached hydrogen (secondary N) is 1. The lowest BCUT2D eigenvalue weighted by atomic mass is 9.85. The number of aromatic nitrogens is 2. The van der Waals surface area contributed by atoms with Crippen LogP contribution < -0.4 is 11.1 Å². The first-order valence-corrected chi connectivity index (χ1v) is 10.9. The number of anilines is 1. The molecule has 0 radical (unpaired) electrons. The van der Waals surface area contributed by atoms with Crippen molar-refractivity contribution in [2.75, 3.05) is 5.73 Å². The molecule has 1 aliphatic rings. The second-order valence-electron chi connectivity index (χ2n) is 8.17. The van der Waals surface area contributed by atoms with Crippen LogP contribution in [0.25, 0.3) is 11.3 Å². The van der Waals surface area contributed by atoms with Gasteiger partial charge >= 0.3 is 0 Å². The summed E-state index contributed by atoms with van der Waals surface area (Å²) >= 11 is 5.94. The molecule has 1 fully saturated rings. The summed E-state index contributed by atoms with van der Waals surface area (Å²) in [6.07, 6.45) is 1.68. The highest BCUT2D eigenvalue weighted by molar-refractivity contribution is 6.30. The van der Waals surface area contributed by atoms with E-state index in [1.165, 1.54) is 24.4 Å². The van der Waals surface area contributed by atoms with Gasteiger partial charge in [0.2, 0.25) is 5.92 Å². The summed E-state index contributed by atoms with van der Waals surface area (Å²) in [5, 5.41) is 3.20. The second kappa shape index (κ2) is 9.39. The average molecular weight is 475 g/mol. The van der Waals surface area contributed by atoms with Gasteiger partial charge < -0.3 is 11.1 Å². The van der Waals surface area contributed by atoms with Crippen LogP contribution in [0.2, 0.25) is 5.02 Å². The van der Waals surface area contributed by atoms with Crippen molar-refractivity contribution in [3.05, 3.63) is 76.3 Å². The maximum atomic E-state index is 14.8. The number of amides is 1. The number of hydrogen-bond acceptors (Lipinski definition) is 4. The molecular formula is C24H22ClF3N4O. The average Bonchev–Trinajstić information content (AvgIpc) is 2.78. The fourth-order valence-corrected chi connectivity index (χ4v) is 4.14. The standard InChI is InChI=1S/C24H22ClF3N4O/c25-17-3-1-2-14(10-17)12-31-23(33)18-5-4-16(11-19(18)26)21-22(29)30-13-20(32-21)15-6-8-24(27,28)9-7-15/h1-5,10-11,13,15H,6-9,12H2,(H2,29,30)(H,31,33). The largest absolute Gasteiger partial charge is 0.382 e. The van der Waals surface area contributed by atoms with Crippen molar-refractivity contribution in [3.8, 4) is 11.3 Å². The number of carbonyl (C=O) groups excluding carboxylic acids is 1. The van der Waals surface area contributed by atoms with Crippen molar-refractivity contribution in [1.29, 1.82) is 0 Å². The summed E-state index contributed by atoms with van der Waals surface area (Å²) in [4.78, 5) is 21.1. The predicted molar refractivity (Wildman–Crippen MR) is 121 cm³/mol. The maximum absolute atomic E-state index is 14.8. The van der Waals surface area contributed by atoms with E-state index in [2.05, 4.69) is 15.3 Å².